The van der Waals surface area contributed by atoms with E-state index in [4.69, 9.17) is 0 Å². The first kappa shape index (κ1) is 17.9. The summed E-state index contributed by atoms with van der Waals surface area (Å²) < 4.78 is 0. The van der Waals surface area contributed by atoms with Crippen molar-refractivity contribution in [2.75, 3.05) is 57.3 Å². The molecule has 25 heavy (non-hydrogen) atoms. The number of hydrogen-bond acceptors (Lipinski definition) is 4. The Balaban J connectivity index is 1.41. The zero-order chi connectivity index (χ0) is 17.6. The van der Waals surface area contributed by atoms with Gasteiger partial charge in [-0.2, -0.15) is 0 Å². The molecule has 1 aromatic carbocycles. The van der Waals surface area contributed by atoms with Gasteiger partial charge in [0.2, 0.25) is 0 Å². The highest BCUT2D eigenvalue weighted by Gasteiger charge is 2.25. The molecular formula is C19H30N4O2. The van der Waals surface area contributed by atoms with E-state index in [2.05, 4.69) is 22.0 Å². The van der Waals surface area contributed by atoms with Gasteiger partial charge in [0, 0.05) is 39.3 Å². The predicted octanol–water partition coefficient (Wildman–Crippen LogP) is 1.96. The molecule has 6 heteroatoms. The Morgan fingerprint density at radius 2 is 1.96 bits per heavy atom. The standard InChI is InChI=1S/C19H30N4O2/c1-2-8-21-9-7-16(15-21)14-20-19(25)23-12-10-22(11-13-23)17-5-3-4-6-18(17)24/h3-6,16,24H,2,7-15H2,1H3,(H,20,25)/t16-/m1/s1. The number of nitrogens with zero attached hydrogens (tertiary/aromatic N) is 3. The van der Waals surface area contributed by atoms with E-state index in [0.29, 0.717) is 24.8 Å². The number of carbonyl (C=O) groups is 1. The van der Waals surface area contributed by atoms with E-state index < -0.39 is 0 Å². The van der Waals surface area contributed by atoms with E-state index in [9.17, 15) is 9.90 Å². The smallest absolute Gasteiger partial charge is 0.317 e. The lowest BCUT2D eigenvalue weighted by Gasteiger charge is -2.36. The molecule has 2 heterocycles. The van der Waals surface area contributed by atoms with E-state index in [1.807, 2.05) is 23.1 Å². The van der Waals surface area contributed by atoms with Gasteiger partial charge in [-0.15, -0.1) is 0 Å². The maximum Gasteiger partial charge on any atom is 0.317 e. The molecule has 1 atom stereocenters. The molecule has 2 N–H and O–H groups in total. The van der Waals surface area contributed by atoms with Gasteiger partial charge in [-0.1, -0.05) is 19.1 Å². The van der Waals surface area contributed by atoms with Crippen molar-refractivity contribution in [1.29, 1.82) is 0 Å². The SMILES string of the molecule is CCCN1CC[C@H](CNC(=O)N2CCN(c3ccccc3O)CC2)C1. The summed E-state index contributed by atoms with van der Waals surface area (Å²) in [6.07, 6.45) is 2.38. The molecule has 3 rings (SSSR count). The molecule has 0 radical (unpaired) electrons. The first-order valence-corrected chi connectivity index (χ1v) is 9.45. The fourth-order valence-electron chi connectivity index (χ4n) is 3.82. The number of urea groups is 1. The first-order chi connectivity index (χ1) is 12.2. The highest BCUT2D eigenvalue weighted by atomic mass is 16.3. The molecular weight excluding hydrogens is 316 g/mol. The zero-order valence-electron chi connectivity index (χ0n) is 15.2. The zero-order valence-corrected chi connectivity index (χ0v) is 15.2. The van der Waals surface area contributed by atoms with Crippen LogP contribution in [0.25, 0.3) is 0 Å². The lowest BCUT2D eigenvalue weighted by atomic mass is 10.1. The number of aromatic hydroxyl groups is 1. The minimum Gasteiger partial charge on any atom is -0.506 e. The number of hydrogen-bond donors (Lipinski definition) is 2. The van der Waals surface area contributed by atoms with Crippen LogP contribution in [0.4, 0.5) is 10.5 Å². The van der Waals surface area contributed by atoms with E-state index in [-0.39, 0.29) is 6.03 Å². The van der Waals surface area contributed by atoms with Gasteiger partial charge in [-0.05, 0) is 44.0 Å². The average Bonchev–Trinajstić information content (AvgIpc) is 3.08. The highest BCUT2D eigenvalue weighted by Crippen LogP contribution is 2.27. The molecule has 138 valence electrons. The number of para-hydroxylation sites is 2. The number of carbonyl (C=O) groups excluding carboxylic acids is 1. The number of amides is 2. The summed E-state index contributed by atoms with van der Waals surface area (Å²) in [7, 11) is 0. The van der Waals surface area contributed by atoms with E-state index in [0.717, 1.165) is 38.4 Å². The summed E-state index contributed by atoms with van der Waals surface area (Å²) in [6, 6.07) is 7.43. The van der Waals surface area contributed by atoms with Gasteiger partial charge in [-0.25, -0.2) is 4.79 Å². The second-order valence-corrected chi connectivity index (χ2v) is 7.10. The fraction of sp³-hybridized carbons (Fsp3) is 0.632. The number of phenols is 1. The van der Waals surface area contributed by atoms with Crippen molar-refractivity contribution in [3.63, 3.8) is 0 Å². The Kier molecular flexibility index (Phi) is 6.02. The lowest BCUT2D eigenvalue weighted by molar-refractivity contribution is 0.192. The number of phenolic OH excluding ortho intramolecular Hbond substituents is 1. The Morgan fingerprint density at radius 1 is 1.20 bits per heavy atom. The molecule has 0 unspecified atom stereocenters. The molecule has 2 aliphatic rings. The van der Waals surface area contributed by atoms with Crippen LogP contribution in [0.1, 0.15) is 19.8 Å². The van der Waals surface area contributed by atoms with Gasteiger partial charge in [0.1, 0.15) is 5.75 Å². The van der Waals surface area contributed by atoms with Gasteiger partial charge >= 0.3 is 6.03 Å². The van der Waals surface area contributed by atoms with Crippen molar-refractivity contribution in [3.8, 4) is 5.75 Å². The van der Waals surface area contributed by atoms with Gasteiger partial charge < -0.3 is 25.1 Å². The first-order valence-electron chi connectivity index (χ1n) is 9.45. The van der Waals surface area contributed by atoms with Crippen LogP contribution in [-0.4, -0.2) is 73.3 Å². The van der Waals surface area contributed by atoms with Crippen LogP contribution in [0, 0.1) is 5.92 Å². The van der Waals surface area contributed by atoms with E-state index in [1.54, 1.807) is 6.07 Å². The van der Waals surface area contributed by atoms with Crippen LogP contribution in [0.3, 0.4) is 0 Å². The molecule has 6 nitrogen and oxygen atoms in total. The Hall–Kier alpha value is -1.95. The quantitative estimate of drug-likeness (QED) is 0.856. The Bertz CT molecular complexity index is 572. The third kappa shape index (κ3) is 4.57. The van der Waals surface area contributed by atoms with Crippen LogP contribution < -0.4 is 10.2 Å². The van der Waals surface area contributed by atoms with E-state index in [1.165, 1.54) is 19.4 Å². The van der Waals surface area contributed by atoms with Gasteiger partial charge in [0.05, 0.1) is 5.69 Å². The third-order valence-electron chi connectivity index (χ3n) is 5.24. The van der Waals surface area contributed by atoms with Crippen LogP contribution in [0.5, 0.6) is 5.75 Å². The predicted molar refractivity (Wildman–Crippen MR) is 100 cm³/mol. The van der Waals surface area contributed by atoms with Crippen molar-refractivity contribution < 1.29 is 9.90 Å². The number of anilines is 1. The highest BCUT2D eigenvalue weighted by molar-refractivity contribution is 5.74. The average molecular weight is 346 g/mol. The largest absolute Gasteiger partial charge is 0.506 e. The van der Waals surface area contributed by atoms with Crippen molar-refractivity contribution >= 4 is 11.7 Å². The van der Waals surface area contributed by atoms with Crippen molar-refractivity contribution in [1.82, 2.24) is 15.1 Å². The summed E-state index contributed by atoms with van der Waals surface area (Å²) in [5.74, 6) is 0.885. The molecule has 0 bridgehead atoms. The second kappa shape index (κ2) is 8.43. The number of benzene rings is 1. The Labute approximate surface area is 150 Å². The topological polar surface area (TPSA) is 59.1 Å². The maximum absolute atomic E-state index is 12.4. The van der Waals surface area contributed by atoms with Gasteiger partial charge in [0.15, 0.2) is 0 Å². The van der Waals surface area contributed by atoms with Gasteiger partial charge in [0.25, 0.3) is 0 Å². The summed E-state index contributed by atoms with van der Waals surface area (Å²) in [5, 5.41) is 13.1. The molecule has 2 saturated heterocycles. The normalized spacial score (nSPS) is 21.6. The molecule has 0 saturated carbocycles. The number of rotatable bonds is 5. The van der Waals surface area contributed by atoms with Crippen LogP contribution in [0.2, 0.25) is 0 Å². The van der Waals surface area contributed by atoms with Crippen LogP contribution >= 0.6 is 0 Å². The van der Waals surface area contributed by atoms with E-state index >= 15 is 0 Å². The van der Waals surface area contributed by atoms with Crippen LogP contribution in [0.15, 0.2) is 24.3 Å². The molecule has 2 fully saturated rings. The minimum absolute atomic E-state index is 0.0471. The molecule has 1 aromatic rings. The number of nitrogens with one attached hydrogen (secondary N) is 1. The summed E-state index contributed by atoms with van der Waals surface area (Å²) in [5.41, 5.74) is 0.851. The van der Waals surface area contributed by atoms with Crippen molar-refractivity contribution in [2.45, 2.75) is 19.8 Å². The van der Waals surface area contributed by atoms with Crippen molar-refractivity contribution in [3.05, 3.63) is 24.3 Å². The number of likely N-dealkylation sites (tertiary alicyclic amines) is 1. The lowest BCUT2D eigenvalue weighted by Crippen LogP contribution is -2.52. The summed E-state index contributed by atoms with van der Waals surface area (Å²) in [4.78, 5) is 18.9. The second-order valence-electron chi connectivity index (χ2n) is 7.10. The molecule has 2 amide bonds. The molecule has 2 aliphatic heterocycles. The molecule has 0 aliphatic carbocycles. The molecule has 0 spiro atoms. The maximum atomic E-state index is 12.4. The Morgan fingerprint density at radius 3 is 2.68 bits per heavy atom. The van der Waals surface area contributed by atoms with Gasteiger partial charge in [-0.3, -0.25) is 0 Å². The van der Waals surface area contributed by atoms with Crippen molar-refractivity contribution in [2.24, 2.45) is 5.92 Å². The van der Waals surface area contributed by atoms with Crippen LogP contribution in [-0.2, 0) is 0 Å². The molecule has 0 aromatic heterocycles. The fourth-order valence-corrected chi connectivity index (χ4v) is 3.82. The minimum atomic E-state index is 0.0471. The third-order valence-corrected chi connectivity index (χ3v) is 5.24. The summed E-state index contributed by atoms with van der Waals surface area (Å²) in [6.45, 7) is 9.29. The monoisotopic (exact) mass is 346 g/mol. The summed E-state index contributed by atoms with van der Waals surface area (Å²) >= 11 is 0. The number of piperazine rings is 1.